The Morgan fingerprint density at radius 1 is 0.979 bits per heavy atom. The normalized spacial score (nSPS) is 15.0. The molecule has 14 heteroatoms. The highest BCUT2D eigenvalue weighted by molar-refractivity contribution is 7.54. The minimum atomic E-state index is -3.65. The van der Waals surface area contributed by atoms with Crippen LogP contribution in [0, 0.1) is 0 Å². The molecule has 0 saturated carbocycles. The molecule has 1 rings (SSSR count). The number of Topliss-reactive ketones (excluding diaryl/α,β-unsaturated/α-hetero) is 1. The highest BCUT2D eigenvalue weighted by atomic mass is 31.2. The molecule has 0 aromatic carbocycles. The fourth-order valence-electron chi connectivity index (χ4n) is 4.10. The van der Waals surface area contributed by atoms with Gasteiger partial charge >= 0.3 is 13.6 Å². The molecule has 0 saturated heterocycles. The van der Waals surface area contributed by atoms with Gasteiger partial charge in [0.25, 0.3) is 0 Å². The van der Waals surface area contributed by atoms with Gasteiger partial charge in [0.15, 0.2) is 22.4 Å². The number of carbonyl (C=O) groups excluding carboxylic acids is 2. The van der Waals surface area contributed by atoms with Crippen LogP contribution in [0.3, 0.4) is 0 Å². The summed E-state index contributed by atoms with van der Waals surface area (Å²) in [5.41, 5.74) is 1.63. The predicted octanol–water partition coefficient (Wildman–Crippen LogP) is 7.65. The molecule has 2 atom stereocenters. The fourth-order valence-corrected chi connectivity index (χ4v) is 7.68. The molecule has 48 heavy (non-hydrogen) atoms. The van der Waals surface area contributed by atoms with E-state index in [9.17, 15) is 24.4 Å². The van der Waals surface area contributed by atoms with E-state index >= 15 is 0 Å². The molecule has 278 valence electrons. The number of esters is 1. The number of hydrogen-bond donors (Lipinski definition) is 2. The number of ether oxygens (including phenoxy) is 1. The van der Waals surface area contributed by atoms with Gasteiger partial charge in [0.05, 0.1) is 39.1 Å². The Kier molecular flexibility index (Phi) is 17.4. The zero-order valence-electron chi connectivity index (χ0n) is 31.7. The summed E-state index contributed by atoms with van der Waals surface area (Å²) >= 11 is 0. The SMILES string of the molecule is CCOP(=O)(CC(=O)CC(=O)OC(CO[Si](C)(C)C(C)(C)C)C/C(C)=C/c1cc(CO[Si](C)(C)C(C)(C)C)c(CC(O)CO)o1)OCC. The molecule has 1 aromatic rings. The average Bonchev–Trinajstić information content (AvgIpc) is 3.29. The number of carbonyl (C=O) groups is 2. The second kappa shape index (κ2) is 18.7. The maximum absolute atomic E-state index is 13.0. The van der Waals surface area contributed by atoms with Crippen molar-refractivity contribution < 1.29 is 51.4 Å². The Labute approximate surface area is 290 Å². The van der Waals surface area contributed by atoms with Gasteiger partial charge in [-0.1, -0.05) is 47.1 Å². The molecule has 0 aliphatic heterocycles. The van der Waals surface area contributed by atoms with Crippen LogP contribution < -0.4 is 0 Å². The van der Waals surface area contributed by atoms with E-state index in [1.807, 2.05) is 19.1 Å². The standard InChI is InChI=1S/C34H63O11PSi2/c1-14-40-46(39,41-15-2)24-28(37)20-32(38)45-30(23-43-48(12,13)34(7,8)9)17-25(3)16-29-18-26(31(44-29)19-27(36)21-35)22-42-47(10,11)33(4,5)6/h16,18,27,30,35-36H,14-15,17,19-24H2,1-13H3/b25-16+. The van der Waals surface area contributed by atoms with Gasteiger partial charge in [0, 0.05) is 18.4 Å². The number of aliphatic hydroxyl groups excluding tert-OH is 2. The Bertz CT molecular complexity index is 1250. The number of ketones is 1. The third-order valence-corrected chi connectivity index (χ3v) is 20.0. The van der Waals surface area contributed by atoms with Crippen molar-refractivity contribution in [2.45, 2.75) is 137 Å². The first-order valence-electron chi connectivity index (χ1n) is 16.8. The monoisotopic (exact) mass is 734 g/mol. The summed E-state index contributed by atoms with van der Waals surface area (Å²) in [5, 5.41) is 19.6. The van der Waals surface area contributed by atoms with Crippen molar-refractivity contribution in [1.82, 2.24) is 0 Å². The molecule has 0 radical (unpaired) electrons. The van der Waals surface area contributed by atoms with Crippen molar-refractivity contribution in [1.29, 1.82) is 0 Å². The maximum Gasteiger partial charge on any atom is 0.338 e. The molecular weight excluding hydrogens is 672 g/mol. The number of hydrogen-bond acceptors (Lipinski definition) is 11. The second-order valence-electron chi connectivity index (χ2n) is 15.4. The maximum atomic E-state index is 13.0. The van der Waals surface area contributed by atoms with Crippen LogP contribution in [-0.4, -0.2) is 83.4 Å². The first-order valence-corrected chi connectivity index (χ1v) is 24.4. The topological polar surface area (TPSA) is 151 Å². The van der Waals surface area contributed by atoms with Crippen molar-refractivity contribution in [3.8, 4) is 0 Å². The zero-order chi connectivity index (χ0) is 37.1. The molecule has 1 aromatic heterocycles. The largest absolute Gasteiger partial charge is 0.461 e. The summed E-state index contributed by atoms with van der Waals surface area (Å²) in [6.45, 7) is 26.8. The van der Waals surface area contributed by atoms with E-state index in [0.717, 1.165) is 11.1 Å². The first kappa shape index (κ1) is 44.6. The molecule has 0 bridgehead atoms. The van der Waals surface area contributed by atoms with Gasteiger partial charge in [0.1, 0.15) is 30.2 Å². The molecule has 2 N–H and O–H groups in total. The van der Waals surface area contributed by atoms with Gasteiger partial charge in [-0.3, -0.25) is 14.2 Å². The van der Waals surface area contributed by atoms with Gasteiger partial charge < -0.3 is 37.3 Å². The minimum Gasteiger partial charge on any atom is -0.461 e. The van der Waals surface area contributed by atoms with Crippen LogP contribution in [0.25, 0.3) is 6.08 Å². The van der Waals surface area contributed by atoms with Crippen LogP contribution in [0.2, 0.25) is 36.3 Å². The lowest BCUT2D eigenvalue weighted by Gasteiger charge is -2.37. The van der Waals surface area contributed by atoms with Gasteiger partial charge in [-0.05, 0) is 69.2 Å². The van der Waals surface area contributed by atoms with Gasteiger partial charge in [0.2, 0.25) is 0 Å². The third kappa shape index (κ3) is 14.8. The zero-order valence-corrected chi connectivity index (χ0v) is 34.6. The molecule has 0 aliphatic carbocycles. The lowest BCUT2D eigenvalue weighted by Crippen LogP contribution is -2.43. The average molecular weight is 735 g/mol. The molecule has 2 unspecified atom stereocenters. The van der Waals surface area contributed by atoms with E-state index < -0.39 is 67.4 Å². The van der Waals surface area contributed by atoms with Gasteiger partial charge in [-0.15, -0.1) is 0 Å². The van der Waals surface area contributed by atoms with E-state index in [1.54, 1.807) is 13.8 Å². The number of aliphatic hydroxyl groups is 2. The highest BCUT2D eigenvalue weighted by Gasteiger charge is 2.39. The van der Waals surface area contributed by atoms with Crippen molar-refractivity contribution >= 4 is 42.1 Å². The fraction of sp³-hybridized carbons (Fsp3) is 0.765. The van der Waals surface area contributed by atoms with E-state index in [4.69, 9.17) is 27.1 Å². The minimum absolute atomic E-state index is 0.0105. The molecule has 0 fully saturated rings. The van der Waals surface area contributed by atoms with Crippen LogP contribution >= 0.6 is 7.60 Å². The van der Waals surface area contributed by atoms with Crippen molar-refractivity contribution in [3.63, 3.8) is 0 Å². The van der Waals surface area contributed by atoms with Crippen LogP contribution in [0.15, 0.2) is 16.1 Å². The lowest BCUT2D eigenvalue weighted by atomic mass is 10.1. The number of rotatable bonds is 21. The summed E-state index contributed by atoms with van der Waals surface area (Å²) in [6, 6.07) is 1.87. The van der Waals surface area contributed by atoms with Crippen molar-refractivity contribution in [2.75, 3.05) is 32.6 Å². The van der Waals surface area contributed by atoms with Gasteiger partial charge in [-0.25, -0.2) is 0 Å². The lowest BCUT2D eigenvalue weighted by molar-refractivity contribution is -0.152. The van der Waals surface area contributed by atoms with Crippen LogP contribution in [0.1, 0.15) is 92.2 Å². The highest BCUT2D eigenvalue weighted by Crippen LogP contribution is 2.48. The molecule has 11 nitrogen and oxygen atoms in total. The molecule has 0 amide bonds. The summed E-state index contributed by atoms with van der Waals surface area (Å²) in [4.78, 5) is 25.7. The number of furan rings is 1. The smallest absolute Gasteiger partial charge is 0.338 e. The van der Waals surface area contributed by atoms with Crippen LogP contribution in [0.4, 0.5) is 0 Å². The molecule has 0 spiro atoms. The quantitative estimate of drug-likeness (QED) is 0.0555. The predicted molar refractivity (Wildman–Crippen MR) is 194 cm³/mol. The Morgan fingerprint density at radius 3 is 2.02 bits per heavy atom. The van der Waals surface area contributed by atoms with E-state index in [1.165, 1.54) is 0 Å². The first-order chi connectivity index (χ1) is 21.9. The van der Waals surface area contributed by atoms with Gasteiger partial charge in [-0.2, -0.15) is 0 Å². The van der Waals surface area contributed by atoms with E-state index in [-0.39, 0.29) is 36.3 Å². The summed E-state index contributed by atoms with van der Waals surface area (Å²) in [5.74, 6) is -0.273. The van der Waals surface area contributed by atoms with E-state index in [0.29, 0.717) is 24.5 Å². The van der Waals surface area contributed by atoms with Crippen molar-refractivity contribution in [2.24, 2.45) is 0 Å². The molecular formula is C34H63O11PSi2. The van der Waals surface area contributed by atoms with Crippen LogP contribution in [-0.2, 0) is 49.8 Å². The summed E-state index contributed by atoms with van der Waals surface area (Å²) in [7, 11) is -7.93. The Balaban J connectivity index is 3.26. The molecule has 0 aliphatic rings. The summed E-state index contributed by atoms with van der Waals surface area (Å²) in [6.07, 6.45) is -0.492. The second-order valence-corrected chi connectivity index (χ2v) is 27.1. The summed E-state index contributed by atoms with van der Waals surface area (Å²) < 4.78 is 48.0. The van der Waals surface area contributed by atoms with Crippen LogP contribution in [0.5, 0.6) is 0 Å². The van der Waals surface area contributed by atoms with Crippen molar-refractivity contribution in [3.05, 3.63) is 28.7 Å². The Hall–Kier alpha value is -1.42. The Morgan fingerprint density at radius 2 is 1.52 bits per heavy atom. The third-order valence-electron chi connectivity index (χ3n) is 8.98. The van der Waals surface area contributed by atoms with E-state index in [2.05, 4.69) is 67.7 Å². The molecule has 1 heterocycles.